The van der Waals surface area contributed by atoms with Gasteiger partial charge in [-0.3, -0.25) is 0 Å². The molecule has 0 aromatic heterocycles. The van der Waals surface area contributed by atoms with Crippen molar-refractivity contribution in [2.45, 2.75) is 64.6 Å². The lowest BCUT2D eigenvalue weighted by molar-refractivity contribution is -0.397. The Morgan fingerprint density at radius 2 is 1.21 bits per heavy atom. The Bertz CT molecular complexity index is 882. The molecule has 0 saturated carbocycles. The van der Waals surface area contributed by atoms with Crippen LogP contribution in [0.3, 0.4) is 0 Å². The second-order valence-electron chi connectivity index (χ2n) is 7.42. The highest BCUT2D eigenvalue weighted by Gasteiger charge is 2.72. The predicted molar refractivity (Wildman–Crippen MR) is 106 cm³/mol. The van der Waals surface area contributed by atoms with E-state index >= 15 is 0 Å². The molecule has 1 rings (SSSR count). The fraction of sp³-hybridized carbons (Fsp3) is 0.545. The summed E-state index contributed by atoms with van der Waals surface area (Å²) in [5.41, 5.74) is -0.379. The molecule has 34 heavy (non-hydrogen) atoms. The van der Waals surface area contributed by atoms with Crippen LogP contribution in [0.4, 0.5) is 43.9 Å². The van der Waals surface area contributed by atoms with E-state index in [1.807, 2.05) is 0 Å². The zero-order valence-corrected chi connectivity index (χ0v) is 18.9. The third-order valence-corrected chi connectivity index (χ3v) is 4.74. The van der Waals surface area contributed by atoms with Gasteiger partial charge in [0.2, 0.25) is 0 Å². The standard InChI is InChI=1S/C22H24F10O2/c1-6-33-18(34-7-2,20(25,26)22(30,31)32)12-16(19(23,24)21(27,28)29)8-9-17-14(4)10-13(3)11-15(17)5/h8-12H,6-7H2,1-5H3/b9-8+,16-12+. The van der Waals surface area contributed by atoms with E-state index in [-0.39, 0.29) is 11.6 Å². The van der Waals surface area contributed by atoms with E-state index in [9.17, 15) is 43.9 Å². The number of alkyl halides is 10. The Morgan fingerprint density at radius 1 is 0.765 bits per heavy atom. The minimum atomic E-state index is -6.40. The van der Waals surface area contributed by atoms with Crippen molar-refractivity contribution in [1.29, 1.82) is 0 Å². The molecule has 0 atom stereocenters. The molecule has 194 valence electrons. The minimum Gasteiger partial charge on any atom is -0.342 e. The van der Waals surface area contributed by atoms with Crippen LogP contribution in [0.5, 0.6) is 0 Å². The molecular weight excluding hydrogens is 486 g/mol. The molecule has 0 radical (unpaired) electrons. The third kappa shape index (κ3) is 5.94. The smallest absolute Gasteiger partial charge is 0.342 e. The molecule has 0 heterocycles. The van der Waals surface area contributed by atoms with Crippen LogP contribution in [0, 0.1) is 20.8 Å². The van der Waals surface area contributed by atoms with Crippen molar-refractivity contribution in [2.75, 3.05) is 13.2 Å². The molecule has 0 aliphatic heterocycles. The van der Waals surface area contributed by atoms with Gasteiger partial charge in [-0.1, -0.05) is 29.8 Å². The highest BCUT2D eigenvalue weighted by atomic mass is 19.4. The molecule has 0 bridgehead atoms. The van der Waals surface area contributed by atoms with Crippen molar-refractivity contribution in [2.24, 2.45) is 0 Å². The zero-order chi connectivity index (χ0) is 26.8. The molecule has 2 nitrogen and oxygen atoms in total. The van der Waals surface area contributed by atoms with Gasteiger partial charge < -0.3 is 9.47 Å². The Morgan fingerprint density at radius 3 is 1.56 bits per heavy atom. The van der Waals surface area contributed by atoms with Gasteiger partial charge in [-0.25, -0.2) is 0 Å². The summed E-state index contributed by atoms with van der Waals surface area (Å²) in [6.07, 6.45) is -12.4. The number of allylic oxidation sites excluding steroid dienone is 2. The van der Waals surface area contributed by atoms with Crippen molar-refractivity contribution < 1.29 is 53.4 Å². The van der Waals surface area contributed by atoms with E-state index in [2.05, 4.69) is 9.47 Å². The van der Waals surface area contributed by atoms with Crippen LogP contribution in [0.15, 0.2) is 29.9 Å². The largest absolute Gasteiger partial charge is 0.459 e. The Balaban J connectivity index is 3.98. The van der Waals surface area contributed by atoms with E-state index in [1.165, 1.54) is 13.8 Å². The van der Waals surface area contributed by atoms with Crippen molar-refractivity contribution in [3.8, 4) is 0 Å². The van der Waals surface area contributed by atoms with Crippen LogP contribution >= 0.6 is 0 Å². The van der Waals surface area contributed by atoms with E-state index < -0.39 is 54.8 Å². The maximum atomic E-state index is 14.4. The van der Waals surface area contributed by atoms with Crippen molar-refractivity contribution >= 4 is 6.08 Å². The monoisotopic (exact) mass is 510 g/mol. The quantitative estimate of drug-likeness (QED) is 0.192. The van der Waals surface area contributed by atoms with Gasteiger partial charge >= 0.3 is 24.2 Å². The van der Waals surface area contributed by atoms with E-state index in [0.717, 1.165) is 25.5 Å². The summed E-state index contributed by atoms with van der Waals surface area (Å²) >= 11 is 0. The zero-order valence-electron chi connectivity index (χ0n) is 18.9. The molecule has 0 fully saturated rings. The van der Waals surface area contributed by atoms with Gasteiger partial charge in [0.15, 0.2) is 0 Å². The SMILES string of the molecule is CCOC(/C=C(\C=C\c1c(C)cc(C)cc1C)C(F)(F)C(F)(F)F)(OCC)C(F)(F)C(F)(F)F. The molecule has 0 aliphatic rings. The van der Waals surface area contributed by atoms with Gasteiger partial charge in [0.05, 0.1) is 0 Å². The second-order valence-corrected chi connectivity index (χ2v) is 7.42. The molecule has 0 aliphatic carbocycles. The fourth-order valence-corrected chi connectivity index (χ4v) is 3.26. The number of halogens is 10. The topological polar surface area (TPSA) is 18.5 Å². The molecular formula is C22H24F10O2. The number of aryl methyl sites for hydroxylation is 3. The second kappa shape index (κ2) is 10.3. The molecule has 12 heteroatoms. The first kappa shape index (κ1) is 30.0. The first-order valence-electron chi connectivity index (χ1n) is 9.93. The Kier molecular flexibility index (Phi) is 9.05. The first-order valence-corrected chi connectivity index (χ1v) is 9.93. The number of hydrogen-bond acceptors (Lipinski definition) is 2. The highest BCUT2D eigenvalue weighted by molar-refractivity contribution is 5.61. The van der Waals surface area contributed by atoms with Crippen LogP contribution in [0.25, 0.3) is 6.08 Å². The average molecular weight is 510 g/mol. The lowest BCUT2D eigenvalue weighted by Crippen LogP contribution is -2.59. The van der Waals surface area contributed by atoms with Gasteiger partial charge in [0.1, 0.15) is 0 Å². The lowest BCUT2D eigenvalue weighted by atomic mass is 9.95. The third-order valence-electron chi connectivity index (χ3n) is 4.74. The molecule has 1 aromatic carbocycles. The number of benzene rings is 1. The Labute approximate surface area is 190 Å². The normalized spacial score (nSPS) is 14.9. The summed E-state index contributed by atoms with van der Waals surface area (Å²) in [7, 11) is 0. The summed E-state index contributed by atoms with van der Waals surface area (Å²) in [6, 6.07) is 3.17. The van der Waals surface area contributed by atoms with Crippen molar-refractivity contribution in [1.82, 2.24) is 0 Å². The number of rotatable bonds is 9. The molecule has 0 N–H and O–H groups in total. The molecule has 0 spiro atoms. The fourth-order valence-electron chi connectivity index (χ4n) is 3.26. The highest BCUT2D eigenvalue weighted by Crippen LogP contribution is 2.50. The van der Waals surface area contributed by atoms with Gasteiger partial charge in [-0.2, -0.15) is 43.9 Å². The maximum Gasteiger partial charge on any atom is 0.459 e. The minimum absolute atomic E-state index is 0.136. The van der Waals surface area contributed by atoms with Gasteiger partial charge in [0, 0.05) is 18.8 Å². The molecule has 1 aromatic rings. The van der Waals surface area contributed by atoms with Crippen LogP contribution < -0.4 is 0 Å². The number of ether oxygens (including phenoxy) is 2. The molecule has 0 unspecified atom stereocenters. The lowest BCUT2D eigenvalue weighted by Gasteiger charge is -2.38. The van der Waals surface area contributed by atoms with Crippen LogP contribution in [-0.4, -0.2) is 43.2 Å². The van der Waals surface area contributed by atoms with Gasteiger partial charge in [-0.05, 0) is 57.4 Å². The Hall–Kier alpha value is -2.08. The van der Waals surface area contributed by atoms with E-state index in [1.54, 1.807) is 19.1 Å². The summed E-state index contributed by atoms with van der Waals surface area (Å²) < 4.78 is 146. The van der Waals surface area contributed by atoms with Crippen molar-refractivity contribution in [3.63, 3.8) is 0 Å². The maximum absolute atomic E-state index is 14.4. The number of hydrogen-bond donors (Lipinski definition) is 0. The summed E-state index contributed by atoms with van der Waals surface area (Å²) in [6.45, 7) is 4.80. The predicted octanol–water partition coefficient (Wildman–Crippen LogP) is 7.72. The molecule has 0 saturated heterocycles. The first-order chi connectivity index (χ1) is 15.3. The van der Waals surface area contributed by atoms with Gasteiger partial charge in [0.25, 0.3) is 5.79 Å². The van der Waals surface area contributed by atoms with E-state index in [0.29, 0.717) is 11.1 Å². The van der Waals surface area contributed by atoms with E-state index in [4.69, 9.17) is 0 Å². The summed E-state index contributed by atoms with van der Waals surface area (Å²) in [4.78, 5) is 0. The summed E-state index contributed by atoms with van der Waals surface area (Å²) in [5.74, 6) is -16.1. The van der Waals surface area contributed by atoms with Crippen LogP contribution in [-0.2, 0) is 9.47 Å². The average Bonchev–Trinajstić information content (AvgIpc) is 2.64. The van der Waals surface area contributed by atoms with Crippen LogP contribution in [0.1, 0.15) is 36.1 Å². The van der Waals surface area contributed by atoms with Crippen molar-refractivity contribution in [3.05, 3.63) is 52.1 Å². The molecule has 0 amide bonds. The van der Waals surface area contributed by atoms with Crippen LogP contribution in [0.2, 0.25) is 0 Å². The van der Waals surface area contributed by atoms with Gasteiger partial charge in [-0.15, -0.1) is 0 Å². The summed E-state index contributed by atoms with van der Waals surface area (Å²) in [5, 5.41) is 0.